The van der Waals surface area contributed by atoms with Crippen molar-refractivity contribution in [2.45, 2.75) is 30.2 Å². The quantitative estimate of drug-likeness (QED) is 0.778. The topological polar surface area (TPSA) is 37.4 Å². The molecular formula is C13H18BrNO2S. The van der Waals surface area contributed by atoms with Gasteiger partial charge in [0.25, 0.3) is 0 Å². The lowest BCUT2D eigenvalue weighted by molar-refractivity contribution is 0.391. The van der Waals surface area contributed by atoms with Crippen LogP contribution in [-0.2, 0) is 9.84 Å². The Bertz CT molecular complexity index is 494. The zero-order valence-corrected chi connectivity index (χ0v) is 12.9. The lowest BCUT2D eigenvalue weighted by Gasteiger charge is -2.39. The molecule has 1 aliphatic rings. The third-order valence-electron chi connectivity index (χ3n) is 3.44. The van der Waals surface area contributed by atoms with Crippen LogP contribution in [-0.4, -0.2) is 32.6 Å². The molecular weight excluding hydrogens is 314 g/mol. The Morgan fingerprint density at radius 2 is 1.89 bits per heavy atom. The molecule has 0 atom stereocenters. The Morgan fingerprint density at radius 3 is 2.28 bits per heavy atom. The summed E-state index contributed by atoms with van der Waals surface area (Å²) in [7, 11) is -3.10. The van der Waals surface area contributed by atoms with Gasteiger partial charge in [0.2, 0.25) is 0 Å². The highest BCUT2D eigenvalue weighted by Crippen LogP contribution is 2.30. The van der Waals surface area contributed by atoms with E-state index in [0.29, 0.717) is 10.9 Å². The van der Waals surface area contributed by atoms with Crippen LogP contribution in [0, 0.1) is 0 Å². The molecule has 2 rings (SSSR count). The number of benzene rings is 1. The molecule has 100 valence electrons. The van der Waals surface area contributed by atoms with Gasteiger partial charge in [0.05, 0.1) is 4.90 Å². The molecule has 3 nitrogen and oxygen atoms in total. The summed E-state index contributed by atoms with van der Waals surface area (Å²) in [5.41, 5.74) is 1.12. The maximum atomic E-state index is 11.4. The van der Waals surface area contributed by atoms with Crippen molar-refractivity contribution < 1.29 is 8.42 Å². The second-order valence-electron chi connectivity index (χ2n) is 4.73. The van der Waals surface area contributed by atoms with Gasteiger partial charge in [-0.05, 0) is 43.5 Å². The van der Waals surface area contributed by atoms with E-state index in [1.54, 1.807) is 12.1 Å². The molecule has 1 saturated carbocycles. The van der Waals surface area contributed by atoms with Gasteiger partial charge in [-0.2, -0.15) is 0 Å². The van der Waals surface area contributed by atoms with E-state index in [2.05, 4.69) is 20.8 Å². The molecule has 0 spiro atoms. The predicted octanol–water partition coefficient (Wildman–Crippen LogP) is 2.84. The van der Waals surface area contributed by atoms with E-state index < -0.39 is 9.84 Å². The van der Waals surface area contributed by atoms with Gasteiger partial charge in [0, 0.05) is 29.9 Å². The maximum Gasteiger partial charge on any atom is 0.175 e. The fourth-order valence-corrected chi connectivity index (χ4v) is 3.21. The average molecular weight is 332 g/mol. The van der Waals surface area contributed by atoms with Crippen LogP contribution in [0.5, 0.6) is 0 Å². The van der Waals surface area contributed by atoms with E-state index in [0.717, 1.165) is 17.6 Å². The molecule has 1 aromatic rings. The number of nitrogens with zero attached hydrogens (tertiary/aromatic N) is 1. The minimum Gasteiger partial charge on any atom is -0.368 e. The Morgan fingerprint density at radius 1 is 1.28 bits per heavy atom. The van der Waals surface area contributed by atoms with Gasteiger partial charge in [0.1, 0.15) is 0 Å². The monoisotopic (exact) mass is 331 g/mol. The summed E-state index contributed by atoms with van der Waals surface area (Å²) in [5, 5.41) is 0.928. The standard InChI is InChI=1S/C13H18BrNO2S/c1-18(16,17)13-7-5-12(6-8-13)15(10-9-14)11-3-2-4-11/h5-8,11H,2-4,9-10H2,1H3. The highest BCUT2D eigenvalue weighted by Gasteiger charge is 2.24. The summed E-state index contributed by atoms with van der Waals surface area (Å²) >= 11 is 3.48. The molecule has 0 N–H and O–H groups in total. The first kappa shape index (κ1) is 13.9. The zero-order chi connectivity index (χ0) is 13.2. The molecule has 5 heteroatoms. The molecule has 1 fully saturated rings. The summed E-state index contributed by atoms with van der Waals surface area (Å²) < 4.78 is 22.8. The molecule has 0 heterocycles. The van der Waals surface area contributed by atoms with Crippen molar-refractivity contribution >= 4 is 31.5 Å². The molecule has 0 bridgehead atoms. The summed E-state index contributed by atoms with van der Waals surface area (Å²) in [6.45, 7) is 0.961. The van der Waals surface area contributed by atoms with E-state index in [9.17, 15) is 8.42 Å². The molecule has 0 aliphatic heterocycles. The summed E-state index contributed by atoms with van der Waals surface area (Å²) in [4.78, 5) is 2.75. The third-order valence-corrected chi connectivity index (χ3v) is 4.92. The lowest BCUT2D eigenvalue weighted by Crippen LogP contribution is -2.41. The Balaban J connectivity index is 2.20. The van der Waals surface area contributed by atoms with Gasteiger partial charge in [-0.1, -0.05) is 15.9 Å². The van der Waals surface area contributed by atoms with E-state index in [1.165, 1.54) is 25.5 Å². The van der Waals surface area contributed by atoms with Crippen LogP contribution < -0.4 is 4.90 Å². The van der Waals surface area contributed by atoms with E-state index in [4.69, 9.17) is 0 Å². The fourth-order valence-electron chi connectivity index (χ4n) is 2.20. The predicted molar refractivity (Wildman–Crippen MR) is 78.3 cm³/mol. The lowest BCUT2D eigenvalue weighted by atomic mass is 9.91. The van der Waals surface area contributed by atoms with Gasteiger partial charge in [-0.15, -0.1) is 0 Å². The van der Waals surface area contributed by atoms with E-state index in [-0.39, 0.29) is 0 Å². The minimum atomic E-state index is -3.10. The highest BCUT2D eigenvalue weighted by atomic mass is 79.9. The molecule has 0 amide bonds. The van der Waals surface area contributed by atoms with Gasteiger partial charge in [0.15, 0.2) is 9.84 Å². The van der Waals surface area contributed by atoms with Gasteiger partial charge in [-0.25, -0.2) is 8.42 Å². The first-order chi connectivity index (χ1) is 8.52. The van der Waals surface area contributed by atoms with E-state index >= 15 is 0 Å². The third kappa shape index (κ3) is 3.06. The molecule has 1 aliphatic carbocycles. The van der Waals surface area contributed by atoms with Crippen LogP contribution >= 0.6 is 15.9 Å². The number of rotatable bonds is 5. The second kappa shape index (κ2) is 5.61. The minimum absolute atomic E-state index is 0.388. The first-order valence-electron chi connectivity index (χ1n) is 6.15. The van der Waals surface area contributed by atoms with Crippen molar-refractivity contribution in [3.05, 3.63) is 24.3 Å². The normalized spacial score (nSPS) is 16.3. The van der Waals surface area contributed by atoms with Crippen LogP contribution in [0.4, 0.5) is 5.69 Å². The maximum absolute atomic E-state index is 11.4. The molecule has 1 aromatic carbocycles. The van der Waals surface area contributed by atoms with Crippen LogP contribution in [0.1, 0.15) is 19.3 Å². The molecule has 0 saturated heterocycles. The van der Waals surface area contributed by atoms with Crippen LogP contribution in [0.2, 0.25) is 0 Å². The average Bonchev–Trinajstić information content (AvgIpc) is 2.25. The number of hydrogen-bond acceptors (Lipinski definition) is 3. The summed E-state index contributed by atoms with van der Waals surface area (Å²) in [5.74, 6) is 0. The SMILES string of the molecule is CS(=O)(=O)c1ccc(N(CCBr)C2CCC2)cc1. The second-order valence-corrected chi connectivity index (χ2v) is 7.54. The van der Waals surface area contributed by atoms with Crippen molar-refractivity contribution in [2.75, 3.05) is 23.0 Å². The molecule has 0 radical (unpaired) electrons. The Hall–Kier alpha value is -0.550. The smallest absolute Gasteiger partial charge is 0.175 e. The zero-order valence-electron chi connectivity index (χ0n) is 10.5. The number of halogens is 1. The number of alkyl halides is 1. The number of anilines is 1. The van der Waals surface area contributed by atoms with Gasteiger partial charge >= 0.3 is 0 Å². The highest BCUT2D eigenvalue weighted by molar-refractivity contribution is 9.09. The fraction of sp³-hybridized carbons (Fsp3) is 0.538. The summed E-state index contributed by atoms with van der Waals surface area (Å²) in [6.07, 6.45) is 5.01. The van der Waals surface area contributed by atoms with Gasteiger partial charge < -0.3 is 4.90 Å². The van der Waals surface area contributed by atoms with Crippen molar-refractivity contribution in [1.82, 2.24) is 0 Å². The molecule has 18 heavy (non-hydrogen) atoms. The number of hydrogen-bond donors (Lipinski definition) is 0. The van der Waals surface area contributed by atoms with Crippen molar-refractivity contribution in [3.63, 3.8) is 0 Å². The van der Waals surface area contributed by atoms with Crippen molar-refractivity contribution in [2.24, 2.45) is 0 Å². The molecule has 0 aromatic heterocycles. The van der Waals surface area contributed by atoms with Crippen molar-refractivity contribution in [3.8, 4) is 0 Å². The van der Waals surface area contributed by atoms with E-state index in [1.807, 2.05) is 12.1 Å². The van der Waals surface area contributed by atoms with Gasteiger partial charge in [-0.3, -0.25) is 0 Å². The Labute approximate surface area is 117 Å². The number of sulfone groups is 1. The summed E-state index contributed by atoms with van der Waals surface area (Å²) in [6, 6.07) is 7.84. The first-order valence-corrected chi connectivity index (χ1v) is 9.16. The van der Waals surface area contributed by atoms with Crippen LogP contribution in [0.25, 0.3) is 0 Å². The van der Waals surface area contributed by atoms with Crippen molar-refractivity contribution in [1.29, 1.82) is 0 Å². The van der Waals surface area contributed by atoms with Crippen LogP contribution in [0.15, 0.2) is 29.2 Å². The largest absolute Gasteiger partial charge is 0.368 e. The van der Waals surface area contributed by atoms with Crippen LogP contribution in [0.3, 0.4) is 0 Å². The molecule has 0 unspecified atom stereocenters. The Kier molecular flexibility index (Phi) is 4.33.